The van der Waals surface area contributed by atoms with Gasteiger partial charge in [0.25, 0.3) is 0 Å². The minimum Gasteiger partial charge on any atom is -0.341 e. The first-order valence-corrected chi connectivity index (χ1v) is 5.36. The zero-order chi connectivity index (χ0) is 10.7. The minimum atomic E-state index is 0.0582. The Morgan fingerprint density at radius 2 is 1.73 bits per heavy atom. The molecule has 0 unspecified atom stereocenters. The van der Waals surface area contributed by atoms with Gasteiger partial charge >= 0.3 is 0 Å². The van der Waals surface area contributed by atoms with Gasteiger partial charge in [-0.3, -0.25) is 4.79 Å². The Morgan fingerprint density at radius 1 is 1.20 bits per heavy atom. The Labute approximate surface area is 89.9 Å². The maximum absolute atomic E-state index is 11.5. The summed E-state index contributed by atoms with van der Waals surface area (Å²) in [6.45, 7) is 1.72. The molecule has 3 heteroatoms. The first-order valence-electron chi connectivity index (χ1n) is 5.36. The number of hydrogen-bond acceptors (Lipinski definition) is 2. The van der Waals surface area contributed by atoms with Crippen LogP contribution in [0.3, 0.4) is 0 Å². The second kappa shape index (κ2) is 4.45. The molecule has 1 amide bonds. The van der Waals surface area contributed by atoms with E-state index in [1.165, 1.54) is 11.1 Å². The van der Waals surface area contributed by atoms with Crippen molar-refractivity contribution in [3.05, 3.63) is 35.4 Å². The van der Waals surface area contributed by atoms with Gasteiger partial charge in [-0.15, -0.1) is 0 Å². The highest BCUT2D eigenvalue weighted by Crippen LogP contribution is 2.15. The average molecular weight is 204 g/mol. The first kappa shape index (κ1) is 10.2. The quantitative estimate of drug-likeness (QED) is 0.727. The van der Waals surface area contributed by atoms with Crippen molar-refractivity contribution >= 4 is 5.91 Å². The largest absolute Gasteiger partial charge is 0.341 e. The zero-order valence-electron chi connectivity index (χ0n) is 8.78. The lowest BCUT2D eigenvalue weighted by Crippen LogP contribution is -2.37. The number of nitrogens with zero attached hydrogens (tertiary/aromatic N) is 1. The molecule has 80 valence electrons. The van der Waals surface area contributed by atoms with E-state index < -0.39 is 0 Å². The van der Waals surface area contributed by atoms with Gasteiger partial charge in [0, 0.05) is 13.1 Å². The summed E-state index contributed by atoms with van der Waals surface area (Å²) in [5.41, 5.74) is 8.10. The molecule has 1 aliphatic rings. The maximum atomic E-state index is 11.5. The van der Waals surface area contributed by atoms with E-state index in [4.69, 9.17) is 5.73 Å². The number of nitrogens with two attached hydrogens (primary N) is 1. The molecule has 2 N–H and O–H groups in total. The molecule has 0 saturated carbocycles. The second-order valence-corrected chi connectivity index (χ2v) is 3.85. The molecular formula is C12H16N2O. The summed E-state index contributed by atoms with van der Waals surface area (Å²) in [7, 11) is 0. The highest BCUT2D eigenvalue weighted by atomic mass is 16.2. The van der Waals surface area contributed by atoms with Crippen molar-refractivity contribution in [3.8, 4) is 0 Å². The molecule has 1 heterocycles. The molecule has 15 heavy (non-hydrogen) atoms. The third kappa shape index (κ3) is 2.18. The fourth-order valence-corrected chi connectivity index (χ4v) is 2.05. The lowest BCUT2D eigenvalue weighted by molar-refractivity contribution is -0.129. The van der Waals surface area contributed by atoms with E-state index in [9.17, 15) is 4.79 Å². The highest BCUT2D eigenvalue weighted by molar-refractivity contribution is 5.78. The van der Waals surface area contributed by atoms with Gasteiger partial charge in [0.2, 0.25) is 5.91 Å². The number of fused-ring (bicyclic) bond motifs is 1. The van der Waals surface area contributed by atoms with Crippen molar-refractivity contribution in [2.75, 3.05) is 19.6 Å². The van der Waals surface area contributed by atoms with E-state index in [0.717, 1.165) is 25.9 Å². The summed E-state index contributed by atoms with van der Waals surface area (Å²) < 4.78 is 0. The molecule has 0 spiro atoms. The molecule has 0 atom stereocenters. The Balaban J connectivity index is 2.12. The SMILES string of the molecule is NCC(=O)N1CCc2ccccc2CC1. The molecule has 0 saturated heterocycles. The van der Waals surface area contributed by atoms with Gasteiger partial charge in [0.15, 0.2) is 0 Å². The van der Waals surface area contributed by atoms with Gasteiger partial charge in [-0.25, -0.2) is 0 Å². The van der Waals surface area contributed by atoms with Crippen molar-refractivity contribution in [1.29, 1.82) is 0 Å². The van der Waals surface area contributed by atoms with Gasteiger partial charge in [-0.05, 0) is 24.0 Å². The van der Waals surface area contributed by atoms with Crippen molar-refractivity contribution in [2.45, 2.75) is 12.8 Å². The van der Waals surface area contributed by atoms with Crippen molar-refractivity contribution in [2.24, 2.45) is 5.73 Å². The monoisotopic (exact) mass is 204 g/mol. The van der Waals surface area contributed by atoms with Crippen LogP contribution in [0.2, 0.25) is 0 Å². The Bertz CT molecular complexity index is 335. The van der Waals surface area contributed by atoms with Crippen LogP contribution in [0, 0.1) is 0 Å². The topological polar surface area (TPSA) is 46.3 Å². The van der Waals surface area contributed by atoms with E-state index in [2.05, 4.69) is 24.3 Å². The van der Waals surface area contributed by atoms with Crippen LogP contribution in [-0.4, -0.2) is 30.4 Å². The number of benzene rings is 1. The van der Waals surface area contributed by atoms with Gasteiger partial charge in [0.05, 0.1) is 6.54 Å². The maximum Gasteiger partial charge on any atom is 0.236 e. The molecule has 1 aliphatic heterocycles. The highest BCUT2D eigenvalue weighted by Gasteiger charge is 2.16. The lowest BCUT2D eigenvalue weighted by atomic mass is 10.0. The summed E-state index contributed by atoms with van der Waals surface area (Å²) in [5, 5.41) is 0. The molecule has 0 bridgehead atoms. The van der Waals surface area contributed by atoms with Crippen LogP contribution < -0.4 is 5.73 Å². The normalized spacial score (nSPS) is 15.7. The molecule has 1 aromatic rings. The number of amides is 1. The van der Waals surface area contributed by atoms with E-state index in [1.54, 1.807) is 0 Å². The summed E-state index contributed by atoms with van der Waals surface area (Å²) >= 11 is 0. The Morgan fingerprint density at radius 3 is 2.20 bits per heavy atom. The Kier molecular flexibility index (Phi) is 3.02. The summed E-state index contributed by atoms with van der Waals surface area (Å²) in [6.07, 6.45) is 1.89. The summed E-state index contributed by atoms with van der Waals surface area (Å²) in [6, 6.07) is 8.40. The van der Waals surface area contributed by atoms with E-state index in [1.807, 2.05) is 4.90 Å². The van der Waals surface area contributed by atoms with Gasteiger partial charge in [-0.2, -0.15) is 0 Å². The van der Waals surface area contributed by atoms with Crippen molar-refractivity contribution in [1.82, 2.24) is 4.90 Å². The standard InChI is InChI=1S/C12H16N2O/c13-9-12(15)14-7-5-10-3-1-2-4-11(10)6-8-14/h1-4H,5-9,13H2. The predicted octanol–water partition coefficient (Wildman–Crippen LogP) is 0.572. The first-order chi connectivity index (χ1) is 7.31. The van der Waals surface area contributed by atoms with Crippen LogP contribution in [-0.2, 0) is 17.6 Å². The van der Waals surface area contributed by atoms with Crippen LogP contribution in [0.5, 0.6) is 0 Å². The molecule has 0 aromatic heterocycles. The average Bonchev–Trinajstić information content (AvgIpc) is 2.50. The van der Waals surface area contributed by atoms with Crippen LogP contribution >= 0.6 is 0 Å². The molecule has 0 aliphatic carbocycles. The fourth-order valence-electron chi connectivity index (χ4n) is 2.05. The van der Waals surface area contributed by atoms with Crippen LogP contribution in [0.1, 0.15) is 11.1 Å². The number of carbonyl (C=O) groups excluding carboxylic acids is 1. The predicted molar refractivity (Wildman–Crippen MR) is 59.5 cm³/mol. The third-order valence-corrected chi connectivity index (χ3v) is 2.95. The van der Waals surface area contributed by atoms with E-state index in [-0.39, 0.29) is 12.5 Å². The van der Waals surface area contributed by atoms with Crippen molar-refractivity contribution in [3.63, 3.8) is 0 Å². The smallest absolute Gasteiger partial charge is 0.236 e. The van der Waals surface area contributed by atoms with Gasteiger partial charge in [-0.1, -0.05) is 24.3 Å². The molecule has 3 nitrogen and oxygen atoms in total. The van der Waals surface area contributed by atoms with Crippen molar-refractivity contribution < 1.29 is 4.79 Å². The third-order valence-electron chi connectivity index (χ3n) is 2.95. The molecular weight excluding hydrogens is 188 g/mol. The van der Waals surface area contributed by atoms with Gasteiger partial charge in [0.1, 0.15) is 0 Å². The molecule has 1 aromatic carbocycles. The van der Waals surface area contributed by atoms with Crippen LogP contribution in [0.15, 0.2) is 24.3 Å². The number of rotatable bonds is 1. The summed E-state index contributed by atoms with van der Waals surface area (Å²) in [4.78, 5) is 13.3. The molecule has 0 radical (unpaired) electrons. The zero-order valence-corrected chi connectivity index (χ0v) is 8.78. The van der Waals surface area contributed by atoms with Crippen LogP contribution in [0.25, 0.3) is 0 Å². The Hall–Kier alpha value is -1.35. The minimum absolute atomic E-state index is 0.0582. The van der Waals surface area contributed by atoms with Gasteiger partial charge < -0.3 is 10.6 Å². The second-order valence-electron chi connectivity index (χ2n) is 3.85. The molecule has 2 rings (SSSR count). The van der Waals surface area contributed by atoms with E-state index >= 15 is 0 Å². The fraction of sp³-hybridized carbons (Fsp3) is 0.417. The number of carbonyl (C=O) groups is 1. The van der Waals surface area contributed by atoms with Crippen LogP contribution in [0.4, 0.5) is 0 Å². The number of hydrogen-bond donors (Lipinski definition) is 1. The van der Waals surface area contributed by atoms with E-state index in [0.29, 0.717) is 0 Å². The summed E-state index contributed by atoms with van der Waals surface area (Å²) in [5.74, 6) is 0.0582. The lowest BCUT2D eigenvalue weighted by Gasteiger charge is -2.18. The molecule has 0 fully saturated rings.